The number of esters is 1. The van der Waals surface area contributed by atoms with Gasteiger partial charge >= 0.3 is 11.9 Å². The Morgan fingerprint density at radius 2 is 1.72 bits per heavy atom. The molecule has 0 aromatic rings. The van der Waals surface area contributed by atoms with Gasteiger partial charge in [0.05, 0.1) is 0 Å². The van der Waals surface area contributed by atoms with Gasteiger partial charge in [-0.3, -0.25) is 9.59 Å². The van der Waals surface area contributed by atoms with E-state index in [-0.39, 0.29) is 18.0 Å². The maximum absolute atomic E-state index is 11.7. The number of carboxylic acids is 1. The summed E-state index contributed by atoms with van der Waals surface area (Å²) in [4.78, 5) is 22.0. The van der Waals surface area contributed by atoms with Crippen molar-refractivity contribution < 1.29 is 19.4 Å². The molecular formula is C14H26O4. The highest BCUT2D eigenvalue weighted by Crippen LogP contribution is 2.23. The second kappa shape index (κ2) is 8.95. The summed E-state index contributed by atoms with van der Waals surface area (Å²) in [6, 6.07) is 0. The second-order valence-corrected chi connectivity index (χ2v) is 4.98. The van der Waals surface area contributed by atoms with Gasteiger partial charge in [0.15, 0.2) is 0 Å². The molecule has 0 fully saturated rings. The van der Waals surface area contributed by atoms with Gasteiger partial charge in [0, 0.05) is 12.8 Å². The Balaban J connectivity index is 3.92. The minimum absolute atomic E-state index is 0.119. The van der Waals surface area contributed by atoms with Crippen molar-refractivity contribution in [3.05, 3.63) is 0 Å². The zero-order valence-corrected chi connectivity index (χ0v) is 11.8. The first-order valence-corrected chi connectivity index (χ1v) is 6.87. The number of ether oxygens (including phenoxy) is 1. The molecule has 0 radical (unpaired) electrons. The first-order chi connectivity index (χ1) is 8.43. The maximum atomic E-state index is 11.7. The minimum atomic E-state index is -0.815. The van der Waals surface area contributed by atoms with Crippen LogP contribution in [0.5, 0.6) is 0 Å². The van der Waals surface area contributed by atoms with Gasteiger partial charge in [0.25, 0.3) is 0 Å². The summed E-state index contributed by atoms with van der Waals surface area (Å²) < 4.78 is 5.51. The lowest BCUT2D eigenvalue weighted by Gasteiger charge is -2.28. The Bertz CT molecular complexity index is 263. The van der Waals surface area contributed by atoms with E-state index in [0.29, 0.717) is 19.3 Å². The van der Waals surface area contributed by atoms with Crippen LogP contribution < -0.4 is 0 Å². The summed E-state index contributed by atoms with van der Waals surface area (Å²) in [6.07, 6.45) is 5.39. The van der Waals surface area contributed by atoms with Gasteiger partial charge in [-0.05, 0) is 39.0 Å². The molecule has 1 unspecified atom stereocenters. The van der Waals surface area contributed by atoms with Crippen molar-refractivity contribution in [1.29, 1.82) is 0 Å². The fourth-order valence-electron chi connectivity index (χ4n) is 1.72. The van der Waals surface area contributed by atoms with Crippen LogP contribution in [0.2, 0.25) is 0 Å². The predicted octanol–water partition coefficient (Wildman–Crippen LogP) is 3.53. The lowest BCUT2D eigenvalue weighted by Crippen LogP contribution is -2.30. The third-order valence-corrected chi connectivity index (χ3v) is 3.19. The number of carboxylic acid groups (broad SMARTS) is 1. The number of unbranched alkanes of at least 4 members (excludes halogenated alkanes) is 2. The van der Waals surface area contributed by atoms with Crippen molar-refractivity contribution in [1.82, 2.24) is 0 Å². The molecule has 0 saturated heterocycles. The van der Waals surface area contributed by atoms with E-state index in [2.05, 4.69) is 6.92 Å². The Morgan fingerprint density at radius 1 is 1.11 bits per heavy atom. The monoisotopic (exact) mass is 258 g/mol. The lowest BCUT2D eigenvalue weighted by atomic mass is 9.96. The van der Waals surface area contributed by atoms with Crippen LogP contribution in [-0.4, -0.2) is 22.6 Å². The first-order valence-electron chi connectivity index (χ1n) is 6.87. The normalized spacial score (nSPS) is 13.9. The van der Waals surface area contributed by atoms with E-state index in [1.54, 1.807) is 0 Å². The van der Waals surface area contributed by atoms with Crippen molar-refractivity contribution in [2.75, 3.05) is 0 Å². The molecule has 1 atom stereocenters. The summed E-state index contributed by atoms with van der Waals surface area (Å²) in [6.45, 7) is 6.11. The highest BCUT2D eigenvalue weighted by atomic mass is 16.6. The average Bonchev–Trinajstić information content (AvgIpc) is 2.32. The van der Waals surface area contributed by atoms with Crippen molar-refractivity contribution in [3.63, 3.8) is 0 Å². The van der Waals surface area contributed by atoms with E-state index < -0.39 is 5.97 Å². The molecule has 0 aromatic carbocycles. The summed E-state index contributed by atoms with van der Waals surface area (Å²) >= 11 is 0. The molecule has 0 heterocycles. The number of carbonyl (C=O) groups excluding carboxylic acids is 1. The Kier molecular flexibility index (Phi) is 8.42. The first kappa shape index (κ1) is 16.9. The van der Waals surface area contributed by atoms with Gasteiger partial charge in [-0.1, -0.05) is 20.3 Å². The smallest absolute Gasteiger partial charge is 0.306 e. The van der Waals surface area contributed by atoms with E-state index in [0.717, 1.165) is 25.7 Å². The Labute approximate surface area is 110 Å². The van der Waals surface area contributed by atoms with Crippen molar-refractivity contribution >= 4 is 11.9 Å². The number of rotatable bonds is 10. The summed E-state index contributed by atoms with van der Waals surface area (Å²) in [5.41, 5.74) is -0.361. The summed E-state index contributed by atoms with van der Waals surface area (Å²) in [5.74, 6) is -1.02. The zero-order valence-electron chi connectivity index (χ0n) is 11.8. The standard InChI is InChI=1S/C14H26O4/c1-4-6-11-14(3,5-2)18-13(17)10-8-7-9-12(15)16/h4-11H2,1-3H3,(H,15,16). The molecule has 1 N–H and O–H groups in total. The number of carbonyl (C=O) groups is 2. The molecule has 4 heteroatoms. The largest absolute Gasteiger partial charge is 0.481 e. The highest BCUT2D eigenvalue weighted by Gasteiger charge is 2.25. The Hall–Kier alpha value is -1.06. The van der Waals surface area contributed by atoms with Crippen molar-refractivity contribution in [3.8, 4) is 0 Å². The van der Waals surface area contributed by atoms with Gasteiger partial charge in [-0.15, -0.1) is 0 Å². The molecule has 18 heavy (non-hydrogen) atoms. The van der Waals surface area contributed by atoms with E-state index in [9.17, 15) is 9.59 Å². The van der Waals surface area contributed by atoms with Gasteiger partial charge in [0.2, 0.25) is 0 Å². The number of aliphatic carboxylic acids is 1. The van der Waals surface area contributed by atoms with Crippen LogP contribution in [0.3, 0.4) is 0 Å². The molecule has 0 amide bonds. The van der Waals surface area contributed by atoms with Gasteiger partial charge in [-0.25, -0.2) is 0 Å². The average molecular weight is 258 g/mol. The lowest BCUT2D eigenvalue weighted by molar-refractivity contribution is -0.159. The van der Waals surface area contributed by atoms with Crippen LogP contribution in [0.4, 0.5) is 0 Å². The third-order valence-electron chi connectivity index (χ3n) is 3.19. The third kappa shape index (κ3) is 8.09. The van der Waals surface area contributed by atoms with E-state index in [4.69, 9.17) is 9.84 Å². The molecule has 0 aromatic heterocycles. The SMILES string of the molecule is CCCCC(C)(CC)OC(=O)CCCCC(=O)O. The van der Waals surface area contributed by atoms with Gasteiger partial charge in [0.1, 0.15) is 5.60 Å². The minimum Gasteiger partial charge on any atom is -0.481 e. The summed E-state index contributed by atoms with van der Waals surface area (Å²) in [7, 11) is 0. The zero-order chi connectivity index (χ0) is 14.0. The molecule has 0 saturated carbocycles. The molecule has 0 bridgehead atoms. The van der Waals surface area contributed by atoms with Crippen LogP contribution in [0.25, 0.3) is 0 Å². The second-order valence-electron chi connectivity index (χ2n) is 4.98. The van der Waals surface area contributed by atoms with E-state index in [1.807, 2.05) is 13.8 Å². The van der Waals surface area contributed by atoms with Crippen LogP contribution >= 0.6 is 0 Å². The van der Waals surface area contributed by atoms with Crippen molar-refractivity contribution in [2.45, 2.75) is 77.7 Å². The van der Waals surface area contributed by atoms with E-state index >= 15 is 0 Å². The van der Waals surface area contributed by atoms with Gasteiger partial charge in [-0.2, -0.15) is 0 Å². The molecule has 0 spiro atoms. The maximum Gasteiger partial charge on any atom is 0.306 e. The molecule has 4 nitrogen and oxygen atoms in total. The predicted molar refractivity (Wildman–Crippen MR) is 70.4 cm³/mol. The molecule has 0 aliphatic heterocycles. The van der Waals surface area contributed by atoms with Crippen LogP contribution in [0, 0.1) is 0 Å². The molecule has 0 aliphatic carbocycles. The fourth-order valence-corrected chi connectivity index (χ4v) is 1.72. The van der Waals surface area contributed by atoms with Crippen molar-refractivity contribution in [2.24, 2.45) is 0 Å². The van der Waals surface area contributed by atoms with Crippen LogP contribution in [0.1, 0.15) is 72.1 Å². The number of hydrogen-bond acceptors (Lipinski definition) is 3. The van der Waals surface area contributed by atoms with Crippen LogP contribution in [-0.2, 0) is 14.3 Å². The molecule has 0 rings (SSSR count). The Morgan fingerprint density at radius 3 is 2.22 bits per heavy atom. The van der Waals surface area contributed by atoms with Gasteiger partial charge < -0.3 is 9.84 Å². The quantitative estimate of drug-likeness (QED) is 0.481. The topological polar surface area (TPSA) is 63.6 Å². The number of hydrogen-bond donors (Lipinski definition) is 1. The van der Waals surface area contributed by atoms with E-state index in [1.165, 1.54) is 0 Å². The highest BCUT2D eigenvalue weighted by molar-refractivity contribution is 5.70. The molecule has 106 valence electrons. The molecule has 0 aliphatic rings. The molecular weight excluding hydrogens is 232 g/mol. The fraction of sp³-hybridized carbons (Fsp3) is 0.857. The van der Waals surface area contributed by atoms with Crippen LogP contribution in [0.15, 0.2) is 0 Å². The summed E-state index contributed by atoms with van der Waals surface area (Å²) in [5, 5.41) is 8.48.